The van der Waals surface area contributed by atoms with E-state index in [1.54, 1.807) is 19.2 Å². The highest BCUT2D eigenvalue weighted by atomic mass is 35.5. The molecule has 0 aromatic heterocycles. The van der Waals surface area contributed by atoms with E-state index in [4.69, 9.17) is 26.5 Å². The van der Waals surface area contributed by atoms with Crippen LogP contribution in [0.1, 0.15) is 11.1 Å². The summed E-state index contributed by atoms with van der Waals surface area (Å²) in [5, 5.41) is 15.1. The summed E-state index contributed by atoms with van der Waals surface area (Å²) >= 11 is 6.26. The molecular formula is C17H19ClN4O2. The van der Waals surface area contributed by atoms with Crippen LogP contribution in [0.5, 0.6) is 11.5 Å². The lowest BCUT2D eigenvalue weighted by Gasteiger charge is -2.10. The average Bonchev–Trinajstić information content (AvgIpc) is 2.62. The van der Waals surface area contributed by atoms with Gasteiger partial charge in [0.05, 0.1) is 25.5 Å². The summed E-state index contributed by atoms with van der Waals surface area (Å²) in [4.78, 5) is 0. The standard InChI is InChI=1S/C17H19ClN4O2/c1-23-14-9-8-13(15(18)16(14)24-2)11-21-22-17(19)20-10-12-6-4-3-5-7-12/h3-9,11H,10H2,1-2H3,(H3,19,20,22). The van der Waals surface area contributed by atoms with Gasteiger partial charge in [0.2, 0.25) is 5.96 Å². The van der Waals surface area contributed by atoms with Gasteiger partial charge in [-0.15, -0.1) is 0 Å². The van der Waals surface area contributed by atoms with Crippen LogP contribution in [0.3, 0.4) is 0 Å². The van der Waals surface area contributed by atoms with E-state index >= 15 is 0 Å². The maximum Gasteiger partial charge on any atom is 0.209 e. The van der Waals surface area contributed by atoms with Crippen molar-refractivity contribution >= 4 is 23.8 Å². The predicted molar refractivity (Wildman–Crippen MR) is 96.3 cm³/mol. The molecule has 0 heterocycles. The molecule has 2 aromatic carbocycles. The van der Waals surface area contributed by atoms with Crippen LogP contribution in [0.2, 0.25) is 5.02 Å². The van der Waals surface area contributed by atoms with Crippen molar-refractivity contribution in [3.8, 4) is 11.5 Å². The van der Waals surface area contributed by atoms with E-state index in [9.17, 15) is 0 Å². The van der Waals surface area contributed by atoms with Crippen LogP contribution in [0.15, 0.2) is 47.6 Å². The number of nitrogens with zero attached hydrogens (tertiary/aromatic N) is 1. The van der Waals surface area contributed by atoms with Gasteiger partial charge in [0.15, 0.2) is 11.5 Å². The Hall–Kier alpha value is -2.73. The minimum atomic E-state index is 0.0895. The van der Waals surface area contributed by atoms with Gasteiger partial charge < -0.3 is 14.8 Å². The molecule has 0 saturated heterocycles. The van der Waals surface area contributed by atoms with E-state index in [1.807, 2.05) is 30.3 Å². The number of benzene rings is 2. The molecule has 126 valence electrons. The second-order valence-corrected chi connectivity index (χ2v) is 5.17. The molecule has 0 aliphatic carbocycles. The van der Waals surface area contributed by atoms with Crippen LogP contribution in [-0.4, -0.2) is 26.4 Å². The third kappa shape index (κ3) is 4.63. The van der Waals surface area contributed by atoms with Crippen molar-refractivity contribution in [1.29, 1.82) is 5.41 Å². The molecule has 0 unspecified atom stereocenters. The van der Waals surface area contributed by atoms with Crippen molar-refractivity contribution < 1.29 is 9.47 Å². The molecule has 2 rings (SSSR count). The van der Waals surface area contributed by atoms with Crippen LogP contribution < -0.4 is 20.2 Å². The molecule has 0 aliphatic rings. The Morgan fingerprint density at radius 2 is 1.92 bits per heavy atom. The largest absolute Gasteiger partial charge is 0.493 e. The lowest BCUT2D eigenvalue weighted by Crippen LogP contribution is -2.32. The molecule has 0 fully saturated rings. The monoisotopic (exact) mass is 346 g/mol. The van der Waals surface area contributed by atoms with Gasteiger partial charge in [-0.1, -0.05) is 41.9 Å². The number of hydrogen-bond donors (Lipinski definition) is 3. The molecule has 0 atom stereocenters. The van der Waals surface area contributed by atoms with Crippen molar-refractivity contribution in [2.24, 2.45) is 5.10 Å². The summed E-state index contributed by atoms with van der Waals surface area (Å²) in [5.41, 5.74) is 4.34. The smallest absolute Gasteiger partial charge is 0.209 e. The van der Waals surface area contributed by atoms with Gasteiger partial charge in [0.1, 0.15) is 0 Å². The maximum absolute atomic E-state index is 7.79. The molecule has 2 aromatic rings. The number of rotatable bonds is 6. The van der Waals surface area contributed by atoms with Gasteiger partial charge in [0.25, 0.3) is 0 Å². The van der Waals surface area contributed by atoms with Crippen LogP contribution in [-0.2, 0) is 6.54 Å². The molecule has 0 spiro atoms. The molecule has 7 heteroatoms. The van der Waals surface area contributed by atoms with Crippen molar-refractivity contribution in [3.63, 3.8) is 0 Å². The second-order valence-electron chi connectivity index (χ2n) is 4.79. The highest BCUT2D eigenvalue weighted by Gasteiger charge is 2.11. The van der Waals surface area contributed by atoms with Crippen LogP contribution >= 0.6 is 11.6 Å². The number of hydrogen-bond acceptors (Lipinski definition) is 4. The number of ether oxygens (including phenoxy) is 2. The first-order valence-electron chi connectivity index (χ1n) is 7.21. The first kappa shape index (κ1) is 17.6. The quantitative estimate of drug-likeness (QED) is 0.427. The third-order valence-electron chi connectivity index (χ3n) is 3.21. The minimum Gasteiger partial charge on any atom is -0.493 e. The summed E-state index contributed by atoms with van der Waals surface area (Å²) in [6.45, 7) is 0.541. The molecule has 0 radical (unpaired) electrons. The van der Waals surface area contributed by atoms with Gasteiger partial charge >= 0.3 is 0 Å². The zero-order valence-corrected chi connectivity index (χ0v) is 14.2. The first-order chi connectivity index (χ1) is 11.7. The Labute approximate surface area is 145 Å². The number of nitrogens with one attached hydrogen (secondary N) is 3. The lowest BCUT2D eigenvalue weighted by atomic mass is 10.2. The van der Waals surface area contributed by atoms with Gasteiger partial charge in [0, 0.05) is 12.1 Å². The fraction of sp³-hybridized carbons (Fsp3) is 0.176. The highest BCUT2D eigenvalue weighted by molar-refractivity contribution is 6.34. The number of methoxy groups -OCH3 is 2. The molecule has 0 saturated carbocycles. The summed E-state index contributed by atoms with van der Waals surface area (Å²) in [6, 6.07) is 13.3. The van der Waals surface area contributed by atoms with Crippen LogP contribution in [0, 0.1) is 5.41 Å². The zero-order valence-electron chi connectivity index (χ0n) is 13.5. The minimum absolute atomic E-state index is 0.0895. The molecule has 24 heavy (non-hydrogen) atoms. The van der Waals surface area contributed by atoms with E-state index in [-0.39, 0.29) is 5.96 Å². The van der Waals surface area contributed by atoms with Crippen molar-refractivity contribution in [2.45, 2.75) is 6.54 Å². The molecule has 0 bridgehead atoms. The van der Waals surface area contributed by atoms with Gasteiger partial charge in [-0.3, -0.25) is 5.41 Å². The predicted octanol–water partition coefficient (Wildman–Crippen LogP) is 3.01. The summed E-state index contributed by atoms with van der Waals surface area (Å²) < 4.78 is 10.4. The van der Waals surface area contributed by atoms with Crippen LogP contribution in [0.25, 0.3) is 0 Å². The Morgan fingerprint density at radius 3 is 2.58 bits per heavy atom. The maximum atomic E-state index is 7.79. The Morgan fingerprint density at radius 1 is 1.17 bits per heavy atom. The molecule has 0 aliphatic heterocycles. The van der Waals surface area contributed by atoms with Crippen molar-refractivity contribution in [3.05, 3.63) is 58.6 Å². The van der Waals surface area contributed by atoms with Gasteiger partial charge in [-0.2, -0.15) is 5.10 Å². The molecular weight excluding hydrogens is 328 g/mol. The lowest BCUT2D eigenvalue weighted by molar-refractivity contribution is 0.355. The molecule has 0 amide bonds. The van der Waals surface area contributed by atoms with Crippen molar-refractivity contribution in [1.82, 2.24) is 10.7 Å². The normalized spacial score (nSPS) is 10.5. The Balaban J connectivity index is 1.93. The van der Waals surface area contributed by atoms with Crippen LogP contribution in [0.4, 0.5) is 0 Å². The average molecular weight is 347 g/mol. The fourth-order valence-corrected chi connectivity index (χ4v) is 2.28. The number of guanidine groups is 1. The zero-order chi connectivity index (χ0) is 17.4. The van der Waals surface area contributed by atoms with E-state index in [1.165, 1.54) is 13.3 Å². The summed E-state index contributed by atoms with van der Waals surface area (Å²) in [5.74, 6) is 1.08. The molecule has 3 N–H and O–H groups in total. The Kier molecular flexibility index (Phi) is 6.45. The van der Waals surface area contributed by atoms with Crippen molar-refractivity contribution in [2.75, 3.05) is 14.2 Å². The van der Waals surface area contributed by atoms with Gasteiger partial charge in [-0.25, -0.2) is 5.43 Å². The van der Waals surface area contributed by atoms with Gasteiger partial charge in [-0.05, 0) is 17.7 Å². The second kappa shape index (κ2) is 8.79. The Bertz CT molecular complexity index is 720. The summed E-state index contributed by atoms with van der Waals surface area (Å²) in [6.07, 6.45) is 1.52. The van der Waals surface area contributed by atoms with E-state index in [0.29, 0.717) is 28.6 Å². The number of hydrazone groups is 1. The SMILES string of the molecule is COc1ccc(C=NNC(=N)NCc2ccccc2)c(Cl)c1OC. The highest BCUT2D eigenvalue weighted by Crippen LogP contribution is 2.36. The topological polar surface area (TPSA) is 78.7 Å². The first-order valence-corrected chi connectivity index (χ1v) is 7.59. The number of halogens is 1. The van der Waals surface area contributed by atoms with E-state index < -0.39 is 0 Å². The fourth-order valence-electron chi connectivity index (χ4n) is 2.00. The van der Waals surface area contributed by atoms with E-state index in [0.717, 1.165) is 5.56 Å². The summed E-state index contributed by atoms with van der Waals surface area (Å²) in [7, 11) is 3.06. The molecule has 6 nitrogen and oxygen atoms in total. The third-order valence-corrected chi connectivity index (χ3v) is 3.60. The van der Waals surface area contributed by atoms with E-state index in [2.05, 4.69) is 15.8 Å².